The summed E-state index contributed by atoms with van der Waals surface area (Å²) in [7, 11) is 1.47. The average molecular weight is 494 g/mol. The number of pyridine rings is 1. The van der Waals surface area contributed by atoms with E-state index in [9.17, 15) is 4.79 Å². The normalized spacial score (nSPS) is 23.4. The van der Waals surface area contributed by atoms with Gasteiger partial charge in [-0.25, -0.2) is 4.98 Å². The molecule has 6 heteroatoms. The number of hydrogen-bond acceptors (Lipinski definition) is 6. The minimum atomic E-state index is -0.172. The predicted octanol–water partition coefficient (Wildman–Crippen LogP) is 4.97. The Morgan fingerprint density at radius 2 is 2.28 bits per heavy atom. The summed E-state index contributed by atoms with van der Waals surface area (Å²) in [5.74, 6) is 2.03. The molecule has 0 spiro atoms. The Morgan fingerprint density at radius 3 is 3.06 bits per heavy atom. The van der Waals surface area contributed by atoms with Crippen LogP contribution in [0, 0.1) is 17.8 Å². The maximum absolute atomic E-state index is 12.2. The number of allylic oxidation sites excluding steroid dienone is 3. The Balaban J connectivity index is 1.34. The van der Waals surface area contributed by atoms with E-state index in [0.29, 0.717) is 18.3 Å². The smallest absolute Gasteiger partial charge is 0.306 e. The Morgan fingerprint density at radius 1 is 1.39 bits per heavy atom. The number of ether oxygens (including phenoxy) is 2. The van der Waals surface area contributed by atoms with Gasteiger partial charge in [-0.3, -0.25) is 4.79 Å². The Kier molecular flexibility index (Phi) is 9.76. The molecule has 0 amide bonds. The summed E-state index contributed by atoms with van der Waals surface area (Å²) >= 11 is 0. The van der Waals surface area contributed by atoms with E-state index < -0.39 is 0 Å². The number of esters is 1. The fraction of sp³-hybridized carbons (Fsp3) is 0.600. The monoisotopic (exact) mass is 493 g/mol. The molecule has 4 heterocycles. The third-order valence-corrected chi connectivity index (χ3v) is 7.89. The van der Waals surface area contributed by atoms with Crippen LogP contribution >= 0.6 is 0 Å². The summed E-state index contributed by atoms with van der Waals surface area (Å²) in [5, 5.41) is 3.45. The van der Waals surface area contributed by atoms with E-state index in [0.717, 1.165) is 76.5 Å². The molecular formula is C30H43N3O3. The van der Waals surface area contributed by atoms with Gasteiger partial charge in [0.1, 0.15) is 5.82 Å². The van der Waals surface area contributed by atoms with Crippen molar-refractivity contribution < 1.29 is 14.3 Å². The largest absolute Gasteiger partial charge is 0.469 e. The zero-order valence-electron chi connectivity index (χ0n) is 22.1. The van der Waals surface area contributed by atoms with Crippen LogP contribution in [0.25, 0.3) is 0 Å². The third-order valence-electron chi connectivity index (χ3n) is 7.89. The van der Waals surface area contributed by atoms with Crippen LogP contribution < -0.4 is 5.32 Å². The molecule has 3 aliphatic heterocycles. The summed E-state index contributed by atoms with van der Waals surface area (Å²) in [6, 6.07) is 4.46. The highest BCUT2D eigenvalue weighted by Gasteiger charge is 2.27. The number of aromatic nitrogens is 1. The highest BCUT2D eigenvalue weighted by molar-refractivity contribution is 5.70. The number of rotatable bonds is 11. The molecule has 0 bridgehead atoms. The van der Waals surface area contributed by atoms with Crippen molar-refractivity contribution in [3.8, 4) is 0 Å². The van der Waals surface area contributed by atoms with Gasteiger partial charge in [0.15, 0.2) is 0 Å². The van der Waals surface area contributed by atoms with Gasteiger partial charge in [0.05, 0.1) is 20.1 Å². The third kappa shape index (κ3) is 7.30. The Hall–Kier alpha value is -2.44. The summed E-state index contributed by atoms with van der Waals surface area (Å²) in [4.78, 5) is 19.6. The van der Waals surface area contributed by atoms with E-state index in [1.165, 1.54) is 36.8 Å². The van der Waals surface area contributed by atoms with Crippen molar-refractivity contribution in [1.29, 1.82) is 0 Å². The van der Waals surface area contributed by atoms with Crippen LogP contribution in [0.3, 0.4) is 0 Å². The minimum Gasteiger partial charge on any atom is -0.469 e. The molecule has 1 aromatic heterocycles. The molecule has 1 aromatic rings. The van der Waals surface area contributed by atoms with Gasteiger partial charge in [0.25, 0.3) is 0 Å². The van der Waals surface area contributed by atoms with Crippen LogP contribution in [0.1, 0.15) is 50.3 Å². The number of carbonyl (C=O) groups is 1. The SMILES string of the molecule is C=C(/C=C(\C=C/C)C1CCOC1)[C@H](CC(=O)OC)CN1CC[C@@H](CCc2ccc3c(n2)NCCC3)C1. The van der Waals surface area contributed by atoms with E-state index in [-0.39, 0.29) is 11.9 Å². The van der Waals surface area contributed by atoms with Crippen LogP contribution in [0.15, 0.2) is 48.1 Å². The summed E-state index contributed by atoms with van der Waals surface area (Å²) < 4.78 is 10.6. The van der Waals surface area contributed by atoms with Gasteiger partial charge in [-0.1, -0.05) is 30.9 Å². The second-order valence-electron chi connectivity index (χ2n) is 10.6. The van der Waals surface area contributed by atoms with Gasteiger partial charge in [0, 0.05) is 43.8 Å². The van der Waals surface area contributed by atoms with Crippen LogP contribution in [0.4, 0.5) is 5.82 Å². The number of aryl methyl sites for hydroxylation is 2. The number of carbonyl (C=O) groups excluding carboxylic acids is 1. The molecule has 4 rings (SSSR count). The summed E-state index contributed by atoms with van der Waals surface area (Å²) in [6.45, 7) is 12.0. The first kappa shape index (κ1) is 26.6. The molecule has 36 heavy (non-hydrogen) atoms. The van der Waals surface area contributed by atoms with E-state index in [1.54, 1.807) is 0 Å². The van der Waals surface area contributed by atoms with Gasteiger partial charge in [-0.05, 0) is 80.7 Å². The maximum Gasteiger partial charge on any atom is 0.306 e. The van der Waals surface area contributed by atoms with Gasteiger partial charge in [-0.2, -0.15) is 0 Å². The molecule has 1 unspecified atom stereocenters. The number of anilines is 1. The van der Waals surface area contributed by atoms with Gasteiger partial charge in [-0.15, -0.1) is 0 Å². The lowest BCUT2D eigenvalue weighted by atomic mass is 9.90. The van der Waals surface area contributed by atoms with Crippen molar-refractivity contribution in [3.05, 3.63) is 59.3 Å². The first-order valence-corrected chi connectivity index (χ1v) is 13.7. The van der Waals surface area contributed by atoms with Crippen LogP contribution in [-0.2, 0) is 27.1 Å². The lowest BCUT2D eigenvalue weighted by molar-refractivity contribution is -0.141. The number of likely N-dealkylation sites (tertiary alicyclic amines) is 1. The average Bonchev–Trinajstić information content (AvgIpc) is 3.59. The standard InChI is InChI=1S/C30H43N3O3/c1-4-6-25(26-13-16-36-21-26)17-22(2)27(18-29(34)35-3)20-33-15-12-23(19-33)8-10-28-11-9-24-7-5-14-31-30(24)32-28/h4,6,9,11,17,23,26-27H,2,5,7-8,10,12-16,18-21H2,1,3H3,(H,31,32)/b6-4-,25-17+/t23-,26?,27-/m1/s1. The Labute approximate surface area is 216 Å². The van der Waals surface area contributed by atoms with E-state index in [2.05, 4.69) is 47.2 Å². The van der Waals surface area contributed by atoms with Gasteiger partial charge < -0.3 is 19.7 Å². The highest BCUT2D eigenvalue weighted by atomic mass is 16.5. The maximum atomic E-state index is 12.2. The van der Waals surface area contributed by atoms with Crippen molar-refractivity contribution in [3.63, 3.8) is 0 Å². The van der Waals surface area contributed by atoms with Crippen LogP contribution in [0.5, 0.6) is 0 Å². The molecule has 2 fully saturated rings. The highest BCUT2D eigenvalue weighted by Crippen LogP contribution is 2.29. The fourth-order valence-corrected chi connectivity index (χ4v) is 5.71. The Bertz CT molecular complexity index is 964. The molecule has 3 atom stereocenters. The number of methoxy groups -OCH3 is 1. The molecule has 196 valence electrons. The topological polar surface area (TPSA) is 63.7 Å². The first-order valence-electron chi connectivity index (χ1n) is 13.7. The minimum absolute atomic E-state index is 0.0483. The predicted molar refractivity (Wildman–Crippen MR) is 145 cm³/mol. The van der Waals surface area contributed by atoms with E-state index >= 15 is 0 Å². The summed E-state index contributed by atoms with van der Waals surface area (Å²) in [5.41, 5.74) is 4.80. The molecule has 6 nitrogen and oxygen atoms in total. The molecule has 3 aliphatic rings. The number of hydrogen-bond donors (Lipinski definition) is 1. The lowest BCUT2D eigenvalue weighted by Crippen LogP contribution is -2.30. The van der Waals surface area contributed by atoms with Crippen LogP contribution in [-0.4, -0.2) is 62.4 Å². The number of nitrogens with zero attached hydrogens (tertiary/aromatic N) is 2. The van der Waals surface area contributed by atoms with Crippen LogP contribution in [0.2, 0.25) is 0 Å². The molecule has 0 saturated carbocycles. The van der Waals surface area contributed by atoms with Gasteiger partial charge >= 0.3 is 5.97 Å². The zero-order valence-corrected chi connectivity index (χ0v) is 22.1. The zero-order chi connectivity index (χ0) is 25.3. The van der Waals surface area contributed by atoms with Crippen molar-refractivity contribution in [2.24, 2.45) is 17.8 Å². The fourth-order valence-electron chi connectivity index (χ4n) is 5.71. The quantitative estimate of drug-likeness (QED) is 0.347. The second-order valence-corrected chi connectivity index (χ2v) is 10.6. The molecular weight excluding hydrogens is 450 g/mol. The lowest BCUT2D eigenvalue weighted by Gasteiger charge is -2.24. The number of fused-ring (bicyclic) bond motifs is 1. The van der Waals surface area contributed by atoms with Crippen molar-refractivity contribution in [2.75, 3.05) is 51.8 Å². The van der Waals surface area contributed by atoms with E-state index in [1.807, 2.05) is 6.92 Å². The molecule has 0 aliphatic carbocycles. The molecule has 1 N–H and O–H groups in total. The van der Waals surface area contributed by atoms with Crippen molar-refractivity contribution >= 4 is 11.8 Å². The summed E-state index contributed by atoms with van der Waals surface area (Å²) in [6.07, 6.45) is 13.5. The molecule has 2 saturated heterocycles. The van der Waals surface area contributed by atoms with E-state index in [4.69, 9.17) is 14.5 Å². The van der Waals surface area contributed by atoms with Crippen molar-refractivity contribution in [1.82, 2.24) is 9.88 Å². The van der Waals surface area contributed by atoms with Crippen molar-refractivity contribution in [2.45, 2.75) is 51.9 Å². The molecule has 0 aromatic carbocycles. The second kappa shape index (κ2) is 13.2. The van der Waals surface area contributed by atoms with Gasteiger partial charge in [0.2, 0.25) is 0 Å². The number of nitrogens with one attached hydrogen (secondary N) is 1. The molecule has 0 radical (unpaired) electrons. The first-order chi connectivity index (χ1) is 17.6.